The summed E-state index contributed by atoms with van der Waals surface area (Å²) in [7, 11) is 2.08. The van der Waals surface area contributed by atoms with Gasteiger partial charge in [0, 0.05) is 31.4 Å². The number of aryl methyl sites for hydroxylation is 1. The fourth-order valence-electron chi connectivity index (χ4n) is 1.58. The zero-order valence-electron chi connectivity index (χ0n) is 11.6. The van der Waals surface area contributed by atoms with E-state index >= 15 is 0 Å². The Hall–Kier alpha value is -1.32. The quantitative estimate of drug-likeness (QED) is 0.824. The molecule has 1 rings (SSSR count). The fourth-order valence-corrected chi connectivity index (χ4v) is 1.58. The number of hydrogen-bond donors (Lipinski definition) is 1. The summed E-state index contributed by atoms with van der Waals surface area (Å²) in [4.78, 5) is 11.1. The van der Waals surface area contributed by atoms with E-state index in [4.69, 9.17) is 0 Å². The van der Waals surface area contributed by atoms with Crippen molar-refractivity contribution in [3.05, 3.63) is 11.8 Å². The second-order valence-corrected chi connectivity index (χ2v) is 4.77. The summed E-state index contributed by atoms with van der Waals surface area (Å²) >= 11 is 0. The predicted molar refractivity (Wildman–Crippen MR) is 73.7 cm³/mol. The SMILES string of the molecule is CCCCN(C)c1cc(C)nc(NC(C)C)n1. The lowest BCUT2D eigenvalue weighted by molar-refractivity contribution is 0.756. The van der Waals surface area contributed by atoms with Crippen molar-refractivity contribution < 1.29 is 0 Å². The third-order valence-electron chi connectivity index (χ3n) is 2.50. The van der Waals surface area contributed by atoms with E-state index in [9.17, 15) is 0 Å². The van der Waals surface area contributed by atoms with Crippen LogP contribution in [0.3, 0.4) is 0 Å². The van der Waals surface area contributed by atoms with E-state index in [1.807, 2.05) is 13.0 Å². The molecule has 0 saturated heterocycles. The number of unbranched alkanes of at least 4 members (excludes halogenated alkanes) is 1. The van der Waals surface area contributed by atoms with Crippen molar-refractivity contribution in [1.82, 2.24) is 9.97 Å². The van der Waals surface area contributed by atoms with Gasteiger partial charge in [-0.2, -0.15) is 4.98 Å². The average molecular weight is 236 g/mol. The molecule has 0 aliphatic rings. The summed E-state index contributed by atoms with van der Waals surface area (Å²) in [5.74, 6) is 1.72. The zero-order valence-corrected chi connectivity index (χ0v) is 11.6. The Balaban J connectivity index is 2.81. The number of rotatable bonds is 6. The molecule has 4 heteroatoms. The normalized spacial score (nSPS) is 10.7. The first-order valence-electron chi connectivity index (χ1n) is 6.36. The van der Waals surface area contributed by atoms with Gasteiger partial charge in [0.25, 0.3) is 0 Å². The van der Waals surface area contributed by atoms with Crippen LogP contribution >= 0.6 is 0 Å². The first-order valence-corrected chi connectivity index (χ1v) is 6.36. The molecular formula is C13H24N4. The predicted octanol–water partition coefficient (Wildman–Crippen LogP) is 2.84. The molecule has 0 spiro atoms. The van der Waals surface area contributed by atoms with Crippen molar-refractivity contribution >= 4 is 11.8 Å². The van der Waals surface area contributed by atoms with E-state index in [0.29, 0.717) is 6.04 Å². The van der Waals surface area contributed by atoms with E-state index in [2.05, 4.69) is 48.0 Å². The number of nitrogens with one attached hydrogen (secondary N) is 1. The fraction of sp³-hybridized carbons (Fsp3) is 0.692. The second kappa shape index (κ2) is 6.42. The van der Waals surface area contributed by atoms with E-state index in [1.54, 1.807) is 0 Å². The molecule has 0 fully saturated rings. The molecule has 0 saturated carbocycles. The lowest BCUT2D eigenvalue weighted by atomic mass is 10.3. The van der Waals surface area contributed by atoms with Crippen LogP contribution in [0.5, 0.6) is 0 Å². The summed E-state index contributed by atoms with van der Waals surface area (Å²) in [5.41, 5.74) is 1.00. The summed E-state index contributed by atoms with van der Waals surface area (Å²) in [5, 5.41) is 3.25. The molecule has 17 heavy (non-hydrogen) atoms. The van der Waals surface area contributed by atoms with Crippen LogP contribution in [0.25, 0.3) is 0 Å². The van der Waals surface area contributed by atoms with E-state index < -0.39 is 0 Å². The first-order chi connectivity index (χ1) is 8.02. The van der Waals surface area contributed by atoms with Gasteiger partial charge in [0.05, 0.1) is 0 Å². The van der Waals surface area contributed by atoms with Crippen molar-refractivity contribution in [3.8, 4) is 0 Å². The molecule has 0 bridgehead atoms. The van der Waals surface area contributed by atoms with E-state index in [-0.39, 0.29) is 0 Å². The first kappa shape index (κ1) is 13.7. The molecular weight excluding hydrogens is 212 g/mol. The van der Waals surface area contributed by atoms with E-state index in [0.717, 1.165) is 24.0 Å². The minimum absolute atomic E-state index is 0.352. The third kappa shape index (κ3) is 4.59. The maximum Gasteiger partial charge on any atom is 0.225 e. The molecule has 0 aliphatic carbocycles. The highest BCUT2D eigenvalue weighted by atomic mass is 15.2. The monoisotopic (exact) mass is 236 g/mol. The summed E-state index contributed by atoms with van der Waals surface area (Å²) in [6, 6.07) is 2.38. The molecule has 0 atom stereocenters. The molecule has 0 radical (unpaired) electrons. The second-order valence-electron chi connectivity index (χ2n) is 4.77. The van der Waals surface area contributed by atoms with Gasteiger partial charge >= 0.3 is 0 Å². The van der Waals surface area contributed by atoms with Crippen molar-refractivity contribution in [2.45, 2.75) is 46.6 Å². The standard InChI is InChI=1S/C13H24N4/c1-6-7-8-17(5)12-9-11(4)15-13(16-12)14-10(2)3/h9-10H,6-8H2,1-5H3,(H,14,15,16). The van der Waals surface area contributed by atoms with Crippen LogP contribution in [0.4, 0.5) is 11.8 Å². The van der Waals surface area contributed by atoms with Crippen LogP contribution in [0.15, 0.2) is 6.07 Å². The van der Waals surface area contributed by atoms with Gasteiger partial charge in [-0.1, -0.05) is 13.3 Å². The van der Waals surface area contributed by atoms with Gasteiger partial charge in [0.2, 0.25) is 5.95 Å². The maximum absolute atomic E-state index is 4.53. The Labute approximate surface area is 104 Å². The lowest BCUT2D eigenvalue weighted by Crippen LogP contribution is -2.21. The van der Waals surface area contributed by atoms with Gasteiger partial charge in [-0.15, -0.1) is 0 Å². The molecule has 1 N–H and O–H groups in total. The van der Waals surface area contributed by atoms with Crippen LogP contribution in [0.1, 0.15) is 39.3 Å². The highest BCUT2D eigenvalue weighted by Crippen LogP contribution is 2.14. The lowest BCUT2D eigenvalue weighted by Gasteiger charge is -2.19. The van der Waals surface area contributed by atoms with Gasteiger partial charge in [0.15, 0.2) is 0 Å². The maximum atomic E-state index is 4.53. The number of anilines is 2. The van der Waals surface area contributed by atoms with Gasteiger partial charge in [-0.25, -0.2) is 4.98 Å². The Morgan fingerprint density at radius 2 is 2.06 bits per heavy atom. The van der Waals surface area contributed by atoms with Crippen LogP contribution in [0, 0.1) is 6.92 Å². The highest BCUT2D eigenvalue weighted by Gasteiger charge is 2.07. The van der Waals surface area contributed by atoms with Crippen LogP contribution in [-0.4, -0.2) is 29.6 Å². The summed E-state index contributed by atoms with van der Waals surface area (Å²) in [6.07, 6.45) is 2.39. The Morgan fingerprint density at radius 1 is 1.35 bits per heavy atom. The Bertz CT molecular complexity index is 349. The molecule has 0 unspecified atom stereocenters. The molecule has 1 aromatic heterocycles. The molecule has 4 nitrogen and oxygen atoms in total. The summed E-state index contributed by atoms with van der Waals surface area (Å²) < 4.78 is 0. The third-order valence-corrected chi connectivity index (χ3v) is 2.50. The molecule has 0 aliphatic heterocycles. The smallest absolute Gasteiger partial charge is 0.225 e. The minimum Gasteiger partial charge on any atom is -0.360 e. The summed E-state index contributed by atoms with van der Waals surface area (Å²) in [6.45, 7) is 9.42. The molecule has 0 aromatic carbocycles. The largest absolute Gasteiger partial charge is 0.360 e. The number of hydrogen-bond acceptors (Lipinski definition) is 4. The van der Waals surface area contributed by atoms with Gasteiger partial charge in [-0.3, -0.25) is 0 Å². The highest BCUT2D eigenvalue weighted by molar-refractivity contribution is 5.44. The topological polar surface area (TPSA) is 41.1 Å². The van der Waals surface area contributed by atoms with Crippen molar-refractivity contribution in [2.24, 2.45) is 0 Å². The molecule has 0 amide bonds. The Morgan fingerprint density at radius 3 is 2.65 bits per heavy atom. The van der Waals surface area contributed by atoms with Gasteiger partial charge < -0.3 is 10.2 Å². The van der Waals surface area contributed by atoms with Crippen molar-refractivity contribution in [3.63, 3.8) is 0 Å². The van der Waals surface area contributed by atoms with Gasteiger partial charge in [-0.05, 0) is 27.2 Å². The molecule has 1 aromatic rings. The molecule has 96 valence electrons. The number of nitrogens with zero attached hydrogens (tertiary/aromatic N) is 3. The van der Waals surface area contributed by atoms with E-state index in [1.165, 1.54) is 12.8 Å². The van der Waals surface area contributed by atoms with Crippen molar-refractivity contribution in [2.75, 3.05) is 23.8 Å². The van der Waals surface area contributed by atoms with Crippen LogP contribution < -0.4 is 10.2 Å². The van der Waals surface area contributed by atoms with Gasteiger partial charge in [0.1, 0.15) is 5.82 Å². The Kier molecular flexibility index (Phi) is 5.19. The number of aromatic nitrogens is 2. The molecule has 1 heterocycles. The average Bonchev–Trinajstić information content (AvgIpc) is 2.24. The minimum atomic E-state index is 0.352. The van der Waals surface area contributed by atoms with Crippen LogP contribution in [0.2, 0.25) is 0 Å². The van der Waals surface area contributed by atoms with Crippen LogP contribution in [-0.2, 0) is 0 Å². The van der Waals surface area contributed by atoms with Crippen molar-refractivity contribution in [1.29, 1.82) is 0 Å². The zero-order chi connectivity index (χ0) is 12.8.